The maximum absolute atomic E-state index is 10.9. The molecule has 5 heteroatoms. The summed E-state index contributed by atoms with van der Waals surface area (Å²) in [7, 11) is 1.79. The third-order valence-corrected chi connectivity index (χ3v) is 3.16. The molecular formula is C9H13N3O2. The predicted molar refractivity (Wildman–Crippen MR) is 48.7 cm³/mol. The highest BCUT2D eigenvalue weighted by Gasteiger charge is 2.63. The van der Waals surface area contributed by atoms with Crippen molar-refractivity contribution in [3.05, 3.63) is 11.9 Å². The molecule has 1 N–H and O–H groups in total. The smallest absolute Gasteiger partial charge is 0.307 e. The topological polar surface area (TPSA) is 68.0 Å². The van der Waals surface area contributed by atoms with Gasteiger partial charge in [0.1, 0.15) is 0 Å². The molecule has 0 amide bonds. The van der Waals surface area contributed by atoms with E-state index in [4.69, 9.17) is 5.11 Å². The Morgan fingerprint density at radius 1 is 1.64 bits per heavy atom. The molecule has 2 atom stereocenters. The van der Waals surface area contributed by atoms with Gasteiger partial charge in [-0.05, 0) is 5.41 Å². The molecule has 2 rings (SSSR count). The molecule has 0 aromatic carbocycles. The molecule has 76 valence electrons. The summed E-state index contributed by atoms with van der Waals surface area (Å²) in [6, 6.07) is 0. The zero-order valence-electron chi connectivity index (χ0n) is 8.43. The molecule has 0 bridgehead atoms. The molecule has 1 aliphatic rings. The molecular weight excluding hydrogens is 182 g/mol. The van der Waals surface area contributed by atoms with E-state index < -0.39 is 5.97 Å². The van der Waals surface area contributed by atoms with Crippen molar-refractivity contribution in [3.8, 4) is 0 Å². The Morgan fingerprint density at radius 3 is 2.64 bits per heavy atom. The number of aryl methyl sites for hydroxylation is 1. The molecule has 5 nitrogen and oxygen atoms in total. The van der Waals surface area contributed by atoms with Gasteiger partial charge in [0.05, 0.1) is 17.8 Å². The number of hydrogen-bond acceptors (Lipinski definition) is 3. The second kappa shape index (κ2) is 2.56. The third kappa shape index (κ3) is 1.05. The summed E-state index contributed by atoms with van der Waals surface area (Å²) in [6.45, 7) is 3.92. The van der Waals surface area contributed by atoms with Gasteiger partial charge in [-0.3, -0.25) is 9.48 Å². The normalized spacial score (nSPS) is 28.8. The highest BCUT2D eigenvalue weighted by atomic mass is 16.4. The zero-order valence-corrected chi connectivity index (χ0v) is 8.43. The average molecular weight is 195 g/mol. The van der Waals surface area contributed by atoms with Crippen LogP contribution in [0.5, 0.6) is 0 Å². The Kier molecular flexibility index (Phi) is 1.68. The van der Waals surface area contributed by atoms with Crippen molar-refractivity contribution in [2.45, 2.75) is 19.8 Å². The number of carboxylic acid groups (broad SMARTS) is 1. The Morgan fingerprint density at radius 2 is 2.29 bits per heavy atom. The molecule has 0 saturated heterocycles. The summed E-state index contributed by atoms with van der Waals surface area (Å²) >= 11 is 0. The third-order valence-electron chi connectivity index (χ3n) is 3.16. The van der Waals surface area contributed by atoms with Gasteiger partial charge in [0.2, 0.25) is 0 Å². The van der Waals surface area contributed by atoms with E-state index in [1.165, 1.54) is 0 Å². The van der Waals surface area contributed by atoms with E-state index in [0.29, 0.717) is 0 Å². The lowest BCUT2D eigenvalue weighted by molar-refractivity contribution is -0.139. The van der Waals surface area contributed by atoms with Crippen molar-refractivity contribution >= 4 is 5.97 Å². The summed E-state index contributed by atoms with van der Waals surface area (Å²) in [4.78, 5) is 10.9. The van der Waals surface area contributed by atoms with Crippen LogP contribution in [-0.4, -0.2) is 26.1 Å². The predicted octanol–water partition coefficient (Wildman–Crippen LogP) is 0.639. The van der Waals surface area contributed by atoms with Crippen molar-refractivity contribution in [1.82, 2.24) is 15.0 Å². The molecule has 1 saturated carbocycles. The fourth-order valence-corrected chi connectivity index (χ4v) is 2.23. The number of nitrogens with zero attached hydrogens (tertiary/aromatic N) is 3. The van der Waals surface area contributed by atoms with E-state index in [2.05, 4.69) is 10.3 Å². The van der Waals surface area contributed by atoms with Crippen LogP contribution >= 0.6 is 0 Å². The first kappa shape index (κ1) is 9.18. The van der Waals surface area contributed by atoms with Crippen molar-refractivity contribution in [2.24, 2.45) is 18.4 Å². The van der Waals surface area contributed by atoms with Gasteiger partial charge in [-0.25, -0.2) is 0 Å². The first-order valence-electron chi connectivity index (χ1n) is 4.53. The maximum Gasteiger partial charge on any atom is 0.307 e. The first-order chi connectivity index (χ1) is 6.46. The largest absolute Gasteiger partial charge is 0.481 e. The summed E-state index contributed by atoms with van der Waals surface area (Å²) in [5.74, 6) is -0.999. The SMILES string of the molecule is Cn1nncc1[C@H]1[C@H](C(=O)O)C1(C)C. The highest BCUT2D eigenvalue weighted by molar-refractivity contribution is 5.77. The molecule has 0 unspecified atom stereocenters. The number of carbonyl (C=O) groups is 1. The van der Waals surface area contributed by atoms with Gasteiger partial charge >= 0.3 is 5.97 Å². The van der Waals surface area contributed by atoms with Crippen LogP contribution in [0.3, 0.4) is 0 Å². The van der Waals surface area contributed by atoms with E-state index in [-0.39, 0.29) is 17.3 Å². The number of aromatic nitrogens is 3. The van der Waals surface area contributed by atoms with Crippen LogP contribution in [0.1, 0.15) is 25.5 Å². The molecule has 0 radical (unpaired) electrons. The fraction of sp³-hybridized carbons (Fsp3) is 0.667. The van der Waals surface area contributed by atoms with Gasteiger partial charge < -0.3 is 5.11 Å². The zero-order chi connectivity index (χ0) is 10.5. The lowest BCUT2D eigenvalue weighted by atomic mass is 10.1. The van der Waals surface area contributed by atoms with E-state index >= 15 is 0 Å². The number of hydrogen-bond donors (Lipinski definition) is 1. The van der Waals surface area contributed by atoms with E-state index in [1.54, 1.807) is 17.9 Å². The summed E-state index contributed by atoms with van der Waals surface area (Å²) in [6.07, 6.45) is 1.65. The van der Waals surface area contributed by atoms with Crippen LogP contribution in [0.2, 0.25) is 0 Å². The van der Waals surface area contributed by atoms with Crippen LogP contribution in [0, 0.1) is 11.3 Å². The molecule has 14 heavy (non-hydrogen) atoms. The monoisotopic (exact) mass is 195 g/mol. The van der Waals surface area contributed by atoms with Crippen LogP contribution in [0.25, 0.3) is 0 Å². The molecule has 1 aromatic rings. The minimum Gasteiger partial charge on any atom is -0.481 e. The maximum atomic E-state index is 10.9. The van der Waals surface area contributed by atoms with Gasteiger partial charge in [0.15, 0.2) is 0 Å². The number of carboxylic acids is 1. The van der Waals surface area contributed by atoms with E-state index in [1.807, 2.05) is 13.8 Å². The Bertz CT molecular complexity index is 383. The minimum absolute atomic E-state index is 0.0417. The average Bonchev–Trinajstić information content (AvgIpc) is 2.42. The minimum atomic E-state index is -0.735. The van der Waals surface area contributed by atoms with Crippen molar-refractivity contribution in [2.75, 3.05) is 0 Å². The first-order valence-corrected chi connectivity index (χ1v) is 4.53. The second-order valence-electron chi connectivity index (χ2n) is 4.40. The summed E-state index contributed by atoms with van der Waals surface area (Å²) in [5, 5.41) is 16.6. The Hall–Kier alpha value is -1.39. The lowest BCUT2D eigenvalue weighted by Crippen LogP contribution is -2.03. The van der Waals surface area contributed by atoms with Crippen LogP contribution in [0.4, 0.5) is 0 Å². The molecule has 1 aromatic heterocycles. The van der Waals surface area contributed by atoms with Crippen LogP contribution < -0.4 is 0 Å². The van der Waals surface area contributed by atoms with Crippen molar-refractivity contribution < 1.29 is 9.90 Å². The Labute approximate surface area is 81.7 Å². The summed E-state index contributed by atoms with van der Waals surface area (Å²) < 4.78 is 1.65. The quantitative estimate of drug-likeness (QED) is 0.751. The van der Waals surface area contributed by atoms with Gasteiger partial charge in [0.25, 0.3) is 0 Å². The number of aliphatic carboxylic acids is 1. The Balaban J connectivity index is 2.32. The molecule has 1 heterocycles. The molecule has 0 spiro atoms. The molecule has 0 aliphatic heterocycles. The standard InChI is InChI=1S/C9H13N3O2/c1-9(2)6(7(9)8(13)14)5-4-10-11-12(5)3/h4,6-7H,1-3H3,(H,13,14)/t6-,7+/m0/s1. The van der Waals surface area contributed by atoms with Gasteiger partial charge in [0, 0.05) is 13.0 Å². The molecule has 1 fully saturated rings. The summed E-state index contributed by atoms with van der Waals surface area (Å²) in [5.41, 5.74) is 0.726. The second-order valence-corrected chi connectivity index (χ2v) is 4.40. The molecule has 1 aliphatic carbocycles. The fourth-order valence-electron chi connectivity index (χ4n) is 2.23. The van der Waals surface area contributed by atoms with Crippen molar-refractivity contribution in [3.63, 3.8) is 0 Å². The lowest BCUT2D eigenvalue weighted by Gasteiger charge is -2.00. The highest BCUT2D eigenvalue weighted by Crippen LogP contribution is 2.64. The van der Waals surface area contributed by atoms with E-state index in [9.17, 15) is 4.79 Å². The van der Waals surface area contributed by atoms with Gasteiger partial charge in [-0.15, -0.1) is 5.10 Å². The van der Waals surface area contributed by atoms with Crippen molar-refractivity contribution in [1.29, 1.82) is 0 Å². The van der Waals surface area contributed by atoms with E-state index in [0.717, 1.165) is 5.69 Å². The van der Waals surface area contributed by atoms with Gasteiger partial charge in [-0.1, -0.05) is 19.1 Å². The van der Waals surface area contributed by atoms with Crippen LogP contribution in [0.15, 0.2) is 6.20 Å². The van der Waals surface area contributed by atoms with Crippen LogP contribution in [-0.2, 0) is 11.8 Å². The van der Waals surface area contributed by atoms with Gasteiger partial charge in [-0.2, -0.15) is 0 Å². The number of rotatable bonds is 2.